The number of rotatable bonds is 3. The lowest BCUT2D eigenvalue weighted by molar-refractivity contribution is 0.0674. The van der Waals surface area contributed by atoms with Crippen molar-refractivity contribution in [3.05, 3.63) is 23.0 Å². The molecule has 2 aromatic rings. The van der Waals surface area contributed by atoms with E-state index in [2.05, 4.69) is 10.1 Å². The minimum atomic E-state index is -1.11. The van der Waals surface area contributed by atoms with Crippen LogP contribution in [0, 0.1) is 6.92 Å². The number of pyridine rings is 1. The molecule has 0 aliphatic carbocycles. The number of fused-ring (bicyclic) bond motifs is 1. The van der Waals surface area contributed by atoms with Gasteiger partial charge in [0.15, 0.2) is 0 Å². The Hall–Kier alpha value is -2.02. The van der Waals surface area contributed by atoms with Gasteiger partial charge in [0.25, 0.3) is 11.6 Å². The highest BCUT2D eigenvalue weighted by atomic mass is 19.1. The number of amides is 1. The van der Waals surface area contributed by atoms with E-state index >= 15 is 0 Å². The SMILES string of the molecule is Cc1cc(C(=O)N2C[C@@H](F)C[C@H]2CO)c2c(C(C)C)noc2n1. The van der Waals surface area contributed by atoms with Crippen LogP contribution in [0.25, 0.3) is 11.1 Å². The number of aromatic nitrogens is 2. The van der Waals surface area contributed by atoms with E-state index < -0.39 is 12.2 Å². The van der Waals surface area contributed by atoms with Crippen molar-refractivity contribution in [2.45, 2.75) is 45.3 Å². The summed E-state index contributed by atoms with van der Waals surface area (Å²) in [5, 5.41) is 14.0. The topological polar surface area (TPSA) is 79.5 Å². The van der Waals surface area contributed by atoms with Crippen LogP contribution < -0.4 is 0 Å². The smallest absolute Gasteiger partial charge is 0.259 e. The molecular weight excluding hydrogens is 301 g/mol. The molecule has 7 heteroatoms. The summed E-state index contributed by atoms with van der Waals surface area (Å²) in [4.78, 5) is 18.6. The lowest BCUT2D eigenvalue weighted by atomic mass is 10.0. The first-order chi connectivity index (χ1) is 10.9. The maximum atomic E-state index is 13.7. The molecule has 0 saturated carbocycles. The highest BCUT2D eigenvalue weighted by Crippen LogP contribution is 2.30. The fourth-order valence-electron chi connectivity index (χ4n) is 3.10. The molecule has 1 aliphatic rings. The van der Waals surface area contributed by atoms with Crippen LogP contribution >= 0.6 is 0 Å². The maximum Gasteiger partial charge on any atom is 0.259 e. The highest BCUT2D eigenvalue weighted by Gasteiger charge is 2.36. The second-order valence-electron chi connectivity index (χ2n) is 6.34. The van der Waals surface area contributed by atoms with Crippen LogP contribution in [0.2, 0.25) is 0 Å². The Morgan fingerprint density at radius 2 is 2.30 bits per heavy atom. The predicted octanol–water partition coefficient (Wildman–Crippen LogP) is 2.20. The van der Waals surface area contributed by atoms with E-state index in [0.717, 1.165) is 0 Å². The van der Waals surface area contributed by atoms with Crippen molar-refractivity contribution in [2.24, 2.45) is 0 Å². The van der Waals surface area contributed by atoms with E-state index in [9.17, 15) is 14.3 Å². The van der Waals surface area contributed by atoms with Gasteiger partial charge in [-0.2, -0.15) is 0 Å². The van der Waals surface area contributed by atoms with Crippen LogP contribution in [0.5, 0.6) is 0 Å². The van der Waals surface area contributed by atoms with Gasteiger partial charge < -0.3 is 14.5 Å². The fraction of sp³-hybridized carbons (Fsp3) is 0.562. The van der Waals surface area contributed by atoms with E-state index in [0.29, 0.717) is 28.1 Å². The van der Waals surface area contributed by atoms with E-state index in [1.807, 2.05) is 13.8 Å². The molecule has 0 aromatic carbocycles. The first-order valence-electron chi connectivity index (χ1n) is 7.75. The van der Waals surface area contributed by atoms with Gasteiger partial charge in [-0.3, -0.25) is 4.79 Å². The van der Waals surface area contributed by atoms with Crippen molar-refractivity contribution >= 4 is 17.0 Å². The molecule has 0 unspecified atom stereocenters. The predicted molar refractivity (Wildman–Crippen MR) is 82.1 cm³/mol. The van der Waals surface area contributed by atoms with Gasteiger partial charge in [0.1, 0.15) is 6.17 Å². The number of nitrogens with zero attached hydrogens (tertiary/aromatic N) is 3. The van der Waals surface area contributed by atoms with Crippen LogP contribution in [0.15, 0.2) is 10.6 Å². The van der Waals surface area contributed by atoms with Crippen molar-refractivity contribution in [1.29, 1.82) is 0 Å². The standard InChI is InChI=1S/C16H20FN3O3/c1-8(2)14-13-12(4-9(3)18-15(13)23-19-14)16(22)20-6-10(17)5-11(20)7-21/h4,8,10-11,21H,5-7H2,1-3H3/t10-,11-/m0/s1. The van der Waals surface area contributed by atoms with E-state index in [1.54, 1.807) is 13.0 Å². The van der Waals surface area contributed by atoms with Crippen LogP contribution in [0.4, 0.5) is 4.39 Å². The summed E-state index contributed by atoms with van der Waals surface area (Å²) in [6.45, 7) is 5.42. The van der Waals surface area contributed by atoms with Gasteiger partial charge in [0.2, 0.25) is 0 Å². The Morgan fingerprint density at radius 1 is 1.57 bits per heavy atom. The molecule has 3 heterocycles. The van der Waals surface area contributed by atoms with Gasteiger partial charge in [0, 0.05) is 12.1 Å². The number of carbonyl (C=O) groups is 1. The normalized spacial score (nSPS) is 21.6. The van der Waals surface area contributed by atoms with Gasteiger partial charge in [-0.25, -0.2) is 9.37 Å². The third-order valence-electron chi connectivity index (χ3n) is 4.21. The quantitative estimate of drug-likeness (QED) is 0.937. The number of alkyl halides is 1. The number of halogens is 1. The molecule has 0 spiro atoms. The average Bonchev–Trinajstić information content (AvgIpc) is 3.08. The van der Waals surface area contributed by atoms with Gasteiger partial charge in [-0.1, -0.05) is 19.0 Å². The summed E-state index contributed by atoms with van der Waals surface area (Å²) < 4.78 is 18.9. The summed E-state index contributed by atoms with van der Waals surface area (Å²) >= 11 is 0. The molecular formula is C16H20FN3O3. The lowest BCUT2D eigenvalue weighted by Gasteiger charge is -2.23. The van der Waals surface area contributed by atoms with Crippen molar-refractivity contribution < 1.29 is 18.8 Å². The summed E-state index contributed by atoms with van der Waals surface area (Å²) in [7, 11) is 0. The van der Waals surface area contributed by atoms with Gasteiger partial charge >= 0.3 is 0 Å². The number of aliphatic hydroxyl groups excluding tert-OH is 1. The molecule has 1 fully saturated rings. The molecule has 2 atom stereocenters. The maximum absolute atomic E-state index is 13.7. The lowest BCUT2D eigenvalue weighted by Crippen LogP contribution is -2.38. The number of aliphatic hydroxyl groups is 1. The Morgan fingerprint density at radius 3 is 2.96 bits per heavy atom. The Labute approximate surface area is 133 Å². The third kappa shape index (κ3) is 2.69. The van der Waals surface area contributed by atoms with E-state index in [-0.39, 0.29) is 31.4 Å². The molecule has 0 bridgehead atoms. The zero-order valence-corrected chi connectivity index (χ0v) is 13.4. The molecule has 2 aromatic heterocycles. The first kappa shape index (κ1) is 15.9. The summed E-state index contributed by atoms with van der Waals surface area (Å²) in [6.07, 6.45) is -0.947. The minimum Gasteiger partial charge on any atom is -0.394 e. The summed E-state index contributed by atoms with van der Waals surface area (Å²) in [5.41, 5.74) is 2.01. The minimum absolute atomic E-state index is 0.00475. The molecule has 1 N–H and O–H groups in total. The zero-order valence-electron chi connectivity index (χ0n) is 13.4. The molecule has 1 amide bonds. The molecule has 1 aliphatic heterocycles. The van der Waals surface area contributed by atoms with Crippen LogP contribution in [-0.4, -0.2) is 51.4 Å². The number of hydrogen-bond donors (Lipinski definition) is 1. The Balaban J connectivity index is 2.11. The Bertz CT molecular complexity index is 743. The Kier molecular flexibility index (Phi) is 4.06. The van der Waals surface area contributed by atoms with Gasteiger partial charge in [0.05, 0.1) is 35.8 Å². The molecule has 1 saturated heterocycles. The van der Waals surface area contributed by atoms with Crippen molar-refractivity contribution in [3.8, 4) is 0 Å². The summed E-state index contributed by atoms with van der Waals surface area (Å²) in [5.74, 6) is -0.252. The van der Waals surface area contributed by atoms with Crippen LogP contribution in [0.1, 0.15) is 47.9 Å². The highest BCUT2D eigenvalue weighted by molar-refractivity contribution is 6.06. The summed E-state index contributed by atoms with van der Waals surface area (Å²) in [6, 6.07) is 1.18. The molecule has 124 valence electrons. The number of aryl methyl sites for hydroxylation is 1. The monoisotopic (exact) mass is 321 g/mol. The van der Waals surface area contributed by atoms with Crippen LogP contribution in [-0.2, 0) is 0 Å². The zero-order chi connectivity index (χ0) is 16.7. The van der Waals surface area contributed by atoms with Crippen LogP contribution in [0.3, 0.4) is 0 Å². The number of likely N-dealkylation sites (tertiary alicyclic amines) is 1. The number of carbonyl (C=O) groups excluding carboxylic acids is 1. The average molecular weight is 321 g/mol. The molecule has 23 heavy (non-hydrogen) atoms. The van der Waals surface area contributed by atoms with Gasteiger partial charge in [-0.15, -0.1) is 0 Å². The van der Waals surface area contributed by atoms with Crippen molar-refractivity contribution in [3.63, 3.8) is 0 Å². The second kappa shape index (κ2) is 5.88. The van der Waals surface area contributed by atoms with Gasteiger partial charge in [-0.05, 0) is 18.9 Å². The third-order valence-corrected chi connectivity index (χ3v) is 4.21. The second-order valence-corrected chi connectivity index (χ2v) is 6.34. The van der Waals surface area contributed by atoms with Crippen molar-refractivity contribution in [2.75, 3.05) is 13.2 Å². The fourth-order valence-corrected chi connectivity index (χ4v) is 3.10. The molecule has 6 nitrogen and oxygen atoms in total. The first-order valence-corrected chi connectivity index (χ1v) is 7.75. The molecule has 3 rings (SSSR count). The van der Waals surface area contributed by atoms with Crippen molar-refractivity contribution in [1.82, 2.24) is 15.0 Å². The van der Waals surface area contributed by atoms with E-state index in [4.69, 9.17) is 4.52 Å². The van der Waals surface area contributed by atoms with E-state index in [1.165, 1.54) is 4.90 Å². The molecule has 0 radical (unpaired) electrons. The largest absolute Gasteiger partial charge is 0.394 e. The number of hydrogen-bond acceptors (Lipinski definition) is 5.